The number of hydrogen-bond donors (Lipinski definition) is 1. The van der Waals surface area contributed by atoms with Crippen LogP contribution in [0.15, 0.2) is 34.1 Å². The predicted octanol–water partition coefficient (Wildman–Crippen LogP) is 3.69. The summed E-state index contributed by atoms with van der Waals surface area (Å²) in [5, 5.41) is 5.78. The van der Waals surface area contributed by atoms with Crippen LogP contribution in [0.2, 0.25) is 0 Å². The number of halogens is 1. The predicted molar refractivity (Wildman–Crippen MR) is 87.6 cm³/mol. The molecule has 1 amide bonds. The highest BCUT2D eigenvalue weighted by molar-refractivity contribution is 9.10. The van der Waals surface area contributed by atoms with Crippen LogP contribution in [0.5, 0.6) is 5.75 Å². The first kappa shape index (κ1) is 16.0. The third kappa shape index (κ3) is 5.47. The number of para-hydroxylation sites is 1. The van der Waals surface area contributed by atoms with Gasteiger partial charge in [-0.25, -0.2) is 4.98 Å². The average molecular weight is 369 g/mol. The van der Waals surface area contributed by atoms with Crippen molar-refractivity contribution in [1.82, 2.24) is 10.3 Å². The van der Waals surface area contributed by atoms with Crippen molar-refractivity contribution in [2.75, 3.05) is 6.61 Å². The number of aromatic nitrogens is 1. The molecule has 1 N–H and O–H groups in total. The van der Waals surface area contributed by atoms with Crippen molar-refractivity contribution in [1.29, 1.82) is 0 Å². The second-order valence-electron chi connectivity index (χ2n) is 4.54. The number of rotatable bonds is 7. The van der Waals surface area contributed by atoms with Gasteiger partial charge >= 0.3 is 0 Å². The molecule has 2 aromatic rings. The molecule has 0 fully saturated rings. The van der Waals surface area contributed by atoms with E-state index in [-0.39, 0.29) is 5.91 Å². The second kappa shape index (κ2) is 8.14. The SMILES string of the molecule is Cc1csc(CNC(=O)CCCOc2ccccc2Br)n1. The molecule has 1 heterocycles. The monoisotopic (exact) mass is 368 g/mol. The Balaban J connectivity index is 1.62. The zero-order chi connectivity index (χ0) is 15.1. The number of nitrogens with zero attached hydrogens (tertiary/aromatic N) is 1. The zero-order valence-electron chi connectivity index (χ0n) is 11.8. The van der Waals surface area contributed by atoms with Crippen molar-refractivity contribution in [3.63, 3.8) is 0 Å². The van der Waals surface area contributed by atoms with E-state index >= 15 is 0 Å². The lowest BCUT2D eigenvalue weighted by Crippen LogP contribution is -2.22. The molecule has 0 bridgehead atoms. The molecule has 0 saturated carbocycles. The fourth-order valence-electron chi connectivity index (χ4n) is 1.72. The number of carbonyl (C=O) groups is 1. The highest BCUT2D eigenvalue weighted by Crippen LogP contribution is 2.23. The largest absolute Gasteiger partial charge is 0.492 e. The average Bonchev–Trinajstić information content (AvgIpc) is 2.89. The van der Waals surface area contributed by atoms with Crippen LogP contribution < -0.4 is 10.1 Å². The van der Waals surface area contributed by atoms with Gasteiger partial charge in [0, 0.05) is 17.5 Å². The molecule has 2 rings (SSSR count). The molecule has 0 aliphatic heterocycles. The summed E-state index contributed by atoms with van der Waals surface area (Å²) in [7, 11) is 0. The molecule has 0 saturated heterocycles. The van der Waals surface area contributed by atoms with Gasteiger partial charge in [0.1, 0.15) is 10.8 Å². The molecular formula is C15H17BrN2O2S. The molecule has 6 heteroatoms. The van der Waals surface area contributed by atoms with Crippen molar-refractivity contribution in [3.8, 4) is 5.75 Å². The lowest BCUT2D eigenvalue weighted by molar-refractivity contribution is -0.121. The molecule has 1 aromatic carbocycles. The number of hydrogen-bond acceptors (Lipinski definition) is 4. The Hall–Kier alpha value is -1.40. The van der Waals surface area contributed by atoms with Gasteiger partial charge in [-0.1, -0.05) is 12.1 Å². The van der Waals surface area contributed by atoms with E-state index in [9.17, 15) is 4.79 Å². The molecule has 112 valence electrons. The summed E-state index contributed by atoms with van der Waals surface area (Å²) < 4.78 is 6.54. The van der Waals surface area contributed by atoms with Gasteiger partial charge in [0.25, 0.3) is 0 Å². The number of ether oxygens (including phenoxy) is 1. The van der Waals surface area contributed by atoms with Crippen molar-refractivity contribution in [3.05, 3.63) is 44.8 Å². The summed E-state index contributed by atoms with van der Waals surface area (Å²) in [4.78, 5) is 16.0. The Kier molecular flexibility index (Phi) is 6.20. The number of carbonyl (C=O) groups excluding carboxylic acids is 1. The minimum Gasteiger partial charge on any atom is -0.492 e. The van der Waals surface area contributed by atoms with E-state index in [1.165, 1.54) is 0 Å². The van der Waals surface area contributed by atoms with Crippen molar-refractivity contribution < 1.29 is 9.53 Å². The maximum atomic E-state index is 11.7. The molecule has 0 radical (unpaired) electrons. The smallest absolute Gasteiger partial charge is 0.220 e. The Morgan fingerprint density at radius 2 is 2.24 bits per heavy atom. The molecule has 0 atom stereocenters. The van der Waals surface area contributed by atoms with Crippen molar-refractivity contribution in [2.45, 2.75) is 26.3 Å². The fourth-order valence-corrected chi connectivity index (χ4v) is 2.83. The van der Waals surface area contributed by atoms with Gasteiger partial charge < -0.3 is 10.1 Å². The Morgan fingerprint density at radius 1 is 1.43 bits per heavy atom. The van der Waals surface area contributed by atoms with Gasteiger partial charge in [-0.15, -0.1) is 11.3 Å². The van der Waals surface area contributed by atoms with E-state index in [1.54, 1.807) is 11.3 Å². The summed E-state index contributed by atoms with van der Waals surface area (Å²) in [6.45, 7) is 2.97. The first-order chi connectivity index (χ1) is 10.1. The van der Waals surface area contributed by atoms with Gasteiger partial charge in [0.2, 0.25) is 5.91 Å². The van der Waals surface area contributed by atoms with Gasteiger partial charge in [0.15, 0.2) is 0 Å². The quantitative estimate of drug-likeness (QED) is 0.758. The van der Waals surface area contributed by atoms with Crippen LogP contribution in [0.4, 0.5) is 0 Å². The third-order valence-electron chi connectivity index (χ3n) is 2.75. The molecule has 0 aliphatic carbocycles. The molecule has 0 spiro atoms. The van der Waals surface area contributed by atoms with Crippen molar-refractivity contribution in [2.24, 2.45) is 0 Å². The normalized spacial score (nSPS) is 10.4. The van der Waals surface area contributed by atoms with E-state index in [0.717, 1.165) is 20.9 Å². The van der Waals surface area contributed by atoms with Crippen LogP contribution in [0.25, 0.3) is 0 Å². The van der Waals surface area contributed by atoms with Crippen LogP contribution >= 0.6 is 27.3 Å². The summed E-state index contributed by atoms with van der Waals surface area (Å²) in [6.07, 6.45) is 1.14. The second-order valence-corrected chi connectivity index (χ2v) is 6.34. The van der Waals surface area contributed by atoms with Crippen LogP contribution in [-0.4, -0.2) is 17.5 Å². The Morgan fingerprint density at radius 3 is 2.95 bits per heavy atom. The van der Waals surface area contributed by atoms with Gasteiger partial charge in [0.05, 0.1) is 17.6 Å². The maximum Gasteiger partial charge on any atom is 0.220 e. The molecule has 0 unspecified atom stereocenters. The van der Waals surface area contributed by atoms with Crippen molar-refractivity contribution >= 4 is 33.2 Å². The Labute approximate surface area is 136 Å². The van der Waals surface area contributed by atoms with Crippen LogP contribution in [0.1, 0.15) is 23.5 Å². The fraction of sp³-hybridized carbons (Fsp3) is 0.333. The van der Waals surface area contributed by atoms with E-state index in [0.29, 0.717) is 26.0 Å². The summed E-state index contributed by atoms with van der Waals surface area (Å²) >= 11 is 4.98. The molecule has 1 aromatic heterocycles. The van der Waals surface area contributed by atoms with Crippen LogP contribution in [0, 0.1) is 6.92 Å². The lowest BCUT2D eigenvalue weighted by Gasteiger charge is -2.07. The lowest BCUT2D eigenvalue weighted by atomic mass is 10.3. The minimum absolute atomic E-state index is 0.0265. The minimum atomic E-state index is 0.0265. The summed E-state index contributed by atoms with van der Waals surface area (Å²) in [6, 6.07) is 7.68. The zero-order valence-corrected chi connectivity index (χ0v) is 14.2. The number of aryl methyl sites for hydroxylation is 1. The van der Waals surface area contributed by atoms with E-state index in [1.807, 2.05) is 36.6 Å². The molecule has 21 heavy (non-hydrogen) atoms. The van der Waals surface area contributed by atoms with Gasteiger partial charge in [-0.05, 0) is 41.4 Å². The van der Waals surface area contributed by atoms with Gasteiger partial charge in [-0.3, -0.25) is 4.79 Å². The summed E-state index contributed by atoms with van der Waals surface area (Å²) in [5.41, 5.74) is 0.992. The molecule has 4 nitrogen and oxygen atoms in total. The maximum absolute atomic E-state index is 11.7. The Bertz CT molecular complexity index is 601. The summed E-state index contributed by atoms with van der Waals surface area (Å²) in [5.74, 6) is 0.828. The highest BCUT2D eigenvalue weighted by atomic mass is 79.9. The van der Waals surface area contributed by atoms with Gasteiger partial charge in [-0.2, -0.15) is 0 Å². The highest BCUT2D eigenvalue weighted by Gasteiger charge is 2.04. The topological polar surface area (TPSA) is 51.2 Å². The first-order valence-electron chi connectivity index (χ1n) is 6.70. The van der Waals surface area contributed by atoms with E-state index in [4.69, 9.17) is 4.74 Å². The molecule has 0 aliphatic rings. The molecular weight excluding hydrogens is 352 g/mol. The number of thiazole rings is 1. The third-order valence-corrected chi connectivity index (χ3v) is 4.37. The number of nitrogens with one attached hydrogen (secondary N) is 1. The van der Waals surface area contributed by atoms with E-state index < -0.39 is 0 Å². The standard InChI is InChI=1S/C15H17BrN2O2S/c1-11-10-21-15(18-11)9-17-14(19)7-4-8-20-13-6-3-2-5-12(13)16/h2-3,5-6,10H,4,7-9H2,1H3,(H,17,19). The van der Waals surface area contributed by atoms with E-state index in [2.05, 4.69) is 26.2 Å². The number of benzene rings is 1. The van der Waals surface area contributed by atoms with Crippen LogP contribution in [0.3, 0.4) is 0 Å². The number of amides is 1. The van der Waals surface area contributed by atoms with Crippen LogP contribution in [-0.2, 0) is 11.3 Å². The first-order valence-corrected chi connectivity index (χ1v) is 8.37.